The normalized spacial score (nSPS) is 15.2. The number of aromatic nitrogens is 5. The largest absolute Gasteiger partial charge is 0.433 e. The number of hydrogen-bond acceptors (Lipinski definition) is 6. The SMILES string of the molecule is CCn1cc(CN2CCN(C(=O)c3nn4c(C(F)(F)F)cc(-c5cccs5)nc4c3Cl)CC2)c(C)n1. The first-order valence-electron chi connectivity index (χ1n) is 11.4. The Labute approximate surface area is 213 Å². The van der Waals surface area contributed by atoms with E-state index >= 15 is 0 Å². The van der Waals surface area contributed by atoms with E-state index in [0.29, 0.717) is 42.1 Å². The predicted octanol–water partition coefficient (Wildman–Crippen LogP) is 4.61. The molecule has 13 heteroatoms. The summed E-state index contributed by atoms with van der Waals surface area (Å²) in [6.07, 6.45) is -2.68. The quantitative estimate of drug-likeness (QED) is 0.372. The van der Waals surface area contributed by atoms with Crippen molar-refractivity contribution < 1.29 is 18.0 Å². The van der Waals surface area contributed by atoms with Crippen LogP contribution in [0.4, 0.5) is 13.2 Å². The summed E-state index contributed by atoms with van der Waals surface area (Å²) in [5, 5.41) is 10.0. The van der Waals surface area contributed by atoms with Crippen LogP contribution >= 0.6 is 22.9 Å². The van der Waals surface area contributed by atoms with Crippen LogP contribution in [-0.2, 0) is 19.3 Å². The van der Waals surface area contributed by atoms with E-state index < -0.39 is 17.8 Å². The van der Waals surface area contributed by atoms with E-state index in [-0.39, 0.29) is 22.1 Å². The molecule has 0 spiro atoms. The third-order valence-corrected chi connectivity index (χ3v) is 7.47. The fraction of sp³-hybridized carbons (Fsp3) is 0.391. The lowest BCUT2D eigenvalue weighted by atomic mass is 10.2. The lowest BCUT2D eigenvalue weighted by Crippen LogP contribution is -2.48. The van der Waals surface area contributed by atoms with Crippen LogP contribution in [0.15, 0.2) is 29.8 Å². The van der Waals surface area contributed by atoms with Gasteiger partial charge < -0.3 is 4.90 Å². The highest BCUT2D eigenvalue weighted by atomic mass is 35.5. The minimum Gasteiger partial charge on any atom is -0.335 e. The van der Waals surface area contributed by atoms with Crippen LogP contribution < -0.4 is 0 Å². The molecule has 1 amide bonds. The Bertz CT molecular complexity index is 1410. The maximum absolute atomic E-state index is 13.9. The van der Waals surface area contributed by atoms with Crippen LogP contribution in [-0.4, -0.2) is 66.3 Å². The summed E-state index contributed by atoms with van der Waals surface area (Å²) in [5.74, 6) is -0.508. The van der Waals surface area contributed by atoms with Gasteiger partial charge in [-0.3, -0.25) is 14.4 Å². The number of carbonyl (C=O) groups excluding carboxylic acids is 1. The van der Waals surface area contributed by atoms with Crippen molar-refractivity contribution in [2.75, 3.05) is 26.2 Å². The molecule has 4 aromatic heterocycles. The second-order valence-electron chi connectivity index (χ2n) is 8.56. The molecule has 36 heavy (non-hydrogen) atoms. The topological polar surface area (TPSA) is 71.6 Å². The van der Waals surface area contributed by atoms with Gasteiger partial charge in [0.05, 0.1) is 16.3 Å². The first-order chi connectivity index (χ1) is 17.2. The lowest BCUT2D eigenvalue weighted by Gasteiger charge is -2.34. The molecule has 0 bridgehead atoms. The molecular weight excluding hydrogens is 515 g/mol. The highest BCUT2D eigenvalue weighted by Crippen LogP contribution is 2.35. The van der Waals surface area contributed by atoms with Crippen LogP contribution in [0, 0.1) is 6.92 Å². The number of alkyl halides is 3. The van der Waals surface area contributed by atoms with E-state index in [9.17, 15) is 18.0 Å². The number of carbonyl (C=O) groups is 1. The molecule has 4 aromatic rings. The van der Waals surface area contributed by atoms with E-state index in [0.717, 1.165) is 23.9 Å². The molecule has 1 aliphatic heterocycles. The zero-order chi connectivity index (χ0) is 25.6. The standard InChI is InChI=1S/C23H23ClF3N7OS/c1-3-33-13-15(14(2)29-33)12-31-6-8-32(9-7-31)22(35)20-19(24)21-28-16(17-5-4-10-36-17)11-18(23(25,26)27)34(21)30-20/h4-5,10-11,13H,3,6-9,12H2,1-2H3. The molecule has 0 aromatic carbocycles. The Kier molecular flexibility index (Phi) is 6.52. The molecule has 0 saturated carbocycles. The van der Waals surface area contributed by atoms with Gasteiger partial charge in [0.25, 0.3) is 5.91 Å². The van der Waals surface area contributed by atoms with Crippen LogP contribution in [0.3, 0.4) is 0 Å². The molecule has 1 aliphatic rings. The smallest absolute Gasteiger partial charge is 0.335 e. The Morgan fingerprint density at radius 2 is 1.94 bits per heavy atom. The molecule has 0 unspecified atom stereocenters. The Morgan fingerprint density at radius 3 is 2.56 bits per heavy atom. The maximum Gasteiger partial charge on any atom is 0.433 e. The van der Waals surface area contributed by atoms with Gasteiger partial charge in [-0.1, -0.05) is 17.7 Å². The molecule has 0 atom stereocenters. The van der Waals surface area contributed by atoms with Crippen LogP contribution in [0.25, 0.3) is 16.2 Å². The van der Waals surface area contributed by atoms with Gasteiger partial charge in [-0.15, -0.1) is 11.3 Å². The summed E-state index contributed by atoms with van der Waals surface area (Å²) in [6, 6.07) is 4.33. The fourth-order valence-corrected chi connectivity index (χ4v) is 5.18. The van der Waals surface area contributed by atoms with Gasteiger partial charge in [0, 0.05) is 51.0 Å². The number of thiophene rings is 1. The molecule has 5 rings (SSSR count). The highest BCUT2D eigenvalue weighted by molar-refractivity contribution is 7.13. The fourth-order valence-electron chi connectivity index (χ4n) is 4.26. The zero-order valence-corrected chi connectivity index (χ0v) is 21.2. The third-order valence-electron chi connectivity index (χ3n) is 6.22. The van der Waals surface area contributed by atoms with Crippen molar-refractivity contribution in [3.05, 3.63) is 57.4 Å². The third kappa shape index (κ3) is 4.60. The van der Waals surface area contributed by atoms with E-state index in [1.807, 2.05) is 24.7 Å². The molecule has 1 saturated heterocycles. The molecule has 8 nitrogen and oxygen atoms in total. The Morgan fingerprint density at radius 1 is 1.19 bits per heavy atom. The first kappa shape index (κ1) is 24.7. The number of halogens is 4. The van der Waals surface area contributed by atoms with Crippen molar-refractivity contribution in [2.45, 2.75) is 33.1 Å². The van der Waals surface area contributed by atoms with Gasteiger partial charge in [0.2, 0.25) is 0 Å². The summed E-state index contributed by atoms with van der Waals surface area (Å²) in [4.78, 5) is 21.9. The van der Waals surface area contributed by atoms with Crippen molar-refractivity contribution in [1.82, 2.24) is 34.2 Å². The van der Waals surface area contributed by atoms with Crippen molar-refractivity contribution in [1.29, 1.82) is 0 Å². The number of nitrogens with zero attached hydrogens (tertiary/aromatic N) is 7. The number of amides is 1. The van der Waals surface area contributed by atoms with Gasteiger partial charge in [-0.2, -0.15) is 23.4 Å². The molecule has 0 aliphatic carbocycles. The van der Waals surface area contributed by atoms with Crippen LogP contribution in [0.2, 0.25) is 5.02 Å². The predicted molar refractivity (Wildman–Crippen MR) is 130 cm³/mol. The highest BCUT2D eigenvalue weighted by Gasteiger charge is 2.37. The monoisotopic (exact) mass is 537 g/mol. The lowest BCUT2D eigenvalue weighted by molar-refractivity contribution is -0.142. The van der Waals surface area contributed by atoms with Crippen LogP contribution in [0.5, 0.6) is 0 Å². The minimum atomic E-state index is -4.71. The van der Waals surface area contributed by atoms with Gasteiger partial charge >= 0.3 is 6.18 Å². The number of rotatable bonds is 5. The minimum absolute atomic E-state index is 0.126. The average Bonchev–Trinajstić information content (AvgIpc) is 3.58. The zero-order valence-electron chi connectivity index (χ0n) is 19.6. The summed E-state index contributed by atoms with van der Waals surface area (Å²) in [7, 11) is 0. The second kappa shape index (κ2) is 9.49. The molecule has 0 N–H and O–H groups in total. The summed E-state index contributed by atoms with van der Waals surface area (Å²) in [6.45, 7) is 7.55. The van der Waals surface area contributed by atoms with Gasteiger partial charge in [-0.25, -0.2) is 9.50 Å². The molecular formula is C23H23ClF3N7OS. The van der Waals surface area contributed by atoms with E-state index in [1.165, 1.54) is 11.3 Å². The van der Waals surface area contributed by atoms with Crippen molar-refractivity contribution in [2.24, 2.45) is 0 Å². The number of fused-ring (bicyclic) bond motifs is 1. The van der Waals surface area contributed by atoms with Gasteiger partial charge in [0.1, 0.15) is 5.02 Å². The molecule has 190 valence electrons. The summed E-state index contributed by atoms with van der Waals surface area (Å²) < 4.78 is 44.1. The van der Waals surface area contributed by atoms with E-state index in [1.54, 1.807) is 22.4 Å². The number of aryl methyl sites for hydroxylation is 2. The second-order valence-corrected chi connectivity index (χ2v) is 9.89. The van der Waals surface area contributed by atoms with Gasteiger partial charge in [0.15, 0.2) is 17.0 Å². The number of hydrogen-bond donors (Lipinski definition) is 0. The Hall–Kier alpha value is -2.96. The molecule has 1 fully saturated rings. The van der Waals surface area contributed by atoms with E-state index in [4.69, 9.17) is 11.6 Å². The van der Waals surface area contributed by atoms with Crippen LogP contribution in [0.1, 0.15) is 34.4 Å². The summed E-state index contributed by atoms with van der Waals surface area (Å²) in [5.41, 5.74) is 0.770. The average molecular weight is 538 g/mol. The van der Waals surface area contributed by atoms with Crippen molar-refractivity contribution >= 4 is 34.5 Å². The van der Waals surface area contributed by atoms with Gasteiger partial charge in [-0.05, 0) is 31.4 Å². The maximum atomic E-state index is 13.9. The Balaban J connectivity index is 1.38. The first-order valence-corrected chi connectivity index (χ1v) is 12.7. The van der Waals surface area contributed by atoms with Crippen molar-refractivity contribution in [3.8, 4) is 10.6 Å². The number of piperazine rings is 1. The van der Waals surface area contributed by atoms with Crippen molar-refractivity contribution in [3.63, 3.8) is 0 Å². The van der Waals surface area contributed by atoms with E-state index in [2.05, 4.69) is 20.1 Å². The molecule has 5 heterocycles. The molecule has 0 radical (unpaired) electrons. The summed E-state index contributed by atoms with van der Waals surface area (Å²) >= 11 is 7.68.